The molecule has 0 amide bonds. The molecule has 0 aliphatic rings. The van der Waals surface area contributed by atoms with Crippen molar-refractivity contribution in [2.45, 2.75) is 13.3 Å². The van der Waals surface area contributed by atoms with E-state index in [9.17, 15) is 0 Å². The van der Waals surface area contributed by atoms with Crippen LogP contribution in [-0.4, -0.2) is 16.7 Å². The lowest BCUT2D eigenvalue weighted by molar-refractivity contribution is 0.387. The van der Waals surface area contributed by atoms with Crippen molar-refractivity contribution in [2.75, 3.05) is 11.9 Å². The number of nitrogens with one attached hydrogen (secondary N) is 1. The molecule has 0 spiro atoms. The summed E-state index contributed by atoms with van der Waals surface area (Å²) in [7, 11) is 0. The summed E-state index contributed by atoms with van der Waals surface area (Å²) >= 11 is 6.03. The van der Waals surface area contributed by atoms with Crippen LogP contribution < -0.4 is 5.32 Å². The molecule has 0 aliphatic carbocycles. The molecule has 2 rings (SSSR count). The van der Waals surface area contributed by atoms with Gasteiger partial charge in [-0.15, -0.1) is 0 Å². The molecule has 0 atom stereocenters. The lowest BCUT2D eigenvalue weighted by Crippen LogP contribution is -2.06. The van der Waals surface area contributed by atoms with Crippen molar-refractivity contribution in [1.29, 1.82) is 5.26 Å². The van der Waals surface area contributed by atoms with Crippen molar-refractivity contribution < 1.29 is 4.52 Å². The number of hydrogen-bond donors (Lipinski definition) is 1. The molecule has 1 N–H and O–H groups in total. The minimum atomic E-state index is 0.526. The molecule has 0 unspecified atom stereocenters. The van der Waals surface area contributed by atoms with Crippen molar-refractivity contribution in [3.8, 4) is 6.07 Å². The van der Waals surface area contributed by atoms with E-state index in [-0.39, 0.29) is 0 Å². The first kappa shape index (κ1) is 12.4. The number of nitriles is 1. The van der Waals surface area contributed by atoms with Crippen LogP contribution in [0.1, 0.15) is 17.3 Å². The molecular formula is C12H11ClN4O. The zero-order valence-corrected chi connectivity index (χ0v) is 10.5. The van der Waals surface area contributed by atoms with Gasteiger partial charge in [-0.3, -0.25) is 0 Å². The van der Waals surface area contributed by atoms with Gasteiger partial charge in [-0.05, 0) is 18.2 Å². The van der Waals surface area contributed by atoms with E-state index < -0.39 is 0 Å². The molecule has 1 heterocycles. The first-order valence-corrected chi connectivity index (χ1v) is 5.79. The van der Waals surface area contributed by atoms with E-state index in [1.54, 1.807) is 25.1 Å². The average molecular weight is 263 g/mol. The Balaban J connectivity index is 1.92. The normalized spacial score (nSPS) is 10.1. The molecule has 0 bridgehead atoms. The molecule has 1 aromatic heterocycles. The van der Waals surface area contributed by atoms with E-state index in [0.717, 1.165) is 5.69 Å². The van der Waals surface area contributed by atoms with Gasteiger partial charge in [0.05, 0.1) is 22.3 Å². The molecule has 0 radical (unpaired) electrons. The first-order chi connectivity index (χ1) is 8.69. The van der Waals surface area contributed by atoms with Gasteiger partial charge in [0.15, 0.2) is 5.82 Å². The van der Waals surface area contributed by atoms with Crippen LogP contribution in [0.3, 0.4) is 0 Å². The second kappa shape index (κ2) is 5.52. The Morgan fingerprint density at radius 1 is 1.50 bits per heavy atom. The van der Waals surface area contributed by atoms with Gasteiger partial charge in [-0.1, -0.05) is 16.8 Å². The third-order valence-corrected chi connectivity index (χ3v) is 2.64. The summed E-state index contributed by atoms with van der Waals surface area (Å²) in [5.74, 6) is 1.21. The summed E-state index contributed by atoms with van der Waals surface area (Å²) in [5, 5.41) is 16.2. The predicted molar refractivity (Wildman–Crippen MR) is 67.4 cm³/mol. The Bertz CT molecular complexity index is 588. The van der Waals surface area contributed by atoms with Crippen LogP contribution in [0.4, 0.5) is 5.69 Å². The molecule has 92 valence electrons. The standard InChI is InChI=1S/C12H11ClN4O/c1-8-16-12(17-18-8)4-5-15-11-3-2-9(7-14)6-10(11)13/h2-3,6,15H,4-5H2,1H3. The quantitative estimate of drug-likeness (QED) is 0.916. The maximum Gasteiger partial charge on any atom is 0.223 e. The maximum atomic E-state index is 8.72. The number of benzene rings is 1. The highest BCUT2D eigenvalue weighted by molar-refractivity contribution is 6.33. The number of anilines is 1. The molecule has 18 heavy (non-hydrogen) atoms. The molecule has 0 fully saturated rings. The van der Waals surface area contributed by atoms with Gasteiger partial charge in [0.2, 0.25) is 5.89 Å². The van der Waals surface area contributed by atoms with E-state index in [4.69, 9.17) is 21.4 Å². The number of nitrogens with zero attached hydrogens (tertiary/aromatic N) is 3. The second-order valence-corrected chi connectivity index (χ2v) is 4.12. The van der Waals surface area contributed by atoms with Gasteiger partial charge in [-0.25, -0.2) is 0 Å². The van der Waals surface area contributed by atoms with Crippen molar-refractivity contribution in [3.63, 3.8) is 0 Å². The zero-order valence-electron chi connectivity index (χ0n) is 9.77. The van der Waals surface area contributed by atoms with Crippen LogP contribution >= 0.6 is 11.6 Å². The van der Waals surface area contributed by atoms with Crippen LogP contribution in [0.25, 0.3) is 0 Å². The van der Waals surface area contributed by atoms with E-state index in [0.29, 0.717) is 35.3 Å². The largest absolute Gasteiger partial charge is 0.383 e. The summed E-state index contributed by atoms with van der Waals surface area (Å²) < 4.78 is 4.87. The predicted octanol–water partition coefficient (Wildman–Crippen LogP) is 2.56. The summed E-state index contributed by atoms with van der Waals surface area (Å²) in [4.78, 5) is 4.10. The van der Waals surface area contributed by atoms with Crippen LogP contribution in [0.5, 0.6) is 0 Å². The van der Waals surface area contributed by atoms with Crippen molar-refractivity contribution in [3.05, 3.63) is 40.5 Å². The maximum absolute atomic E-state index is 8.72. The minimum absolute atomic E-state index is 0.526. The summed E-state index contributed by atoms with van der Waals surface area (Å²) in [5.41, 5.74) is 1.33. The number of hydrogen-bond acceptors (Lipinski definition) is 5. The average Bonchev–Trinajstić information content (AvgIpc) is 2.77. The van der Waals surface area contributed by atoms with Gasteiger partial charge < -0.3 is 9.84 Å². The zero-order chi connectivity index (χ0) is 13.0. The van der Waals surface area contributed by atoms with Gasteiger partial charge in [-0.2, -0.15) is 10.2 Å². The third kappa shape index (κ3) is 2.99. The van der Waals surface area contributed by atoms with E-state index >= 15 is 0 Å². The Morgan fingerprint density at radius 2 is 2.33 bits per heavy atom. The van der Waals surface area contributed by atoms with E-state index in [2.05, 4.69) is 15.5 Å². The SMILES string of the molecule is Cc1nc(CCNc2ccc(C#N)cc2Cl)no1. The Labute approximate surface area is 109 Å². The van der Waals surface area contributed by atoms with Gasteiger partial charge >= 0.3 is 0 Å². The van der Waals surface area contributed by atoms with Crippen LogP contribution in [0, 0.1) is 18.3 Å². The lowest BCUT2D eigenvalue weighted by Gasteiger charge is -2.06. The highest BCUT2D eigenvalue weighted by Gasteiger charge is 2.04. The summed E-state index contributed by atoms with van der Waals surface area (Å²) in [6, 6.07) is 7.16. The summed E-state index contributed by atoms with van der Waals surface area (Å²) in [6.45, 7) is 2.39. The molecule has 6 heteroatoms. The lowest BCUT2D eigenvalue weighted by atomic mass is 10.2. The van der Waals surface area contributed by atoms with Gasteiger partial charge in [0, 0.05) is 19.9 Å². The number of rotatable bonds is 4. The Kier molecular flexibility index (Phi) is 3.80. The fourth-order valence-corrected chi connectivity index (χ4v) is 1.73. The summed E-state index contributed by atoms with van der Waals surface area (Å²) in [6.07, 6.45) is 0.646. The highest BCUT2D eigenvalue weighted by atomic mass is 35.5. The van der Waals surface area contributed by atoms with Gasteiger partial charge in [0.25, 0.3) is 0 Å². The monoisotopic (exact) mass is 262 g/mol. The van der Waals surface area contributed by atoms with Crippen molar-refractivity contribution in [1.82, 2.24) is 10.1 Å². The molecule has 5 nitrogen and oxygen atoms in total. The molecule has 1 aromatic carbocycles. The van der Waals surface area contributed by atoms with Crippen LogP contribution in [0.2, 0.25) is 5.02 Å². The van der Waals surface area contributed by atoms with Crippen molar-refractivity contribution in [2.24, 2.45) is 0 Å². The molecule has 0 aliphatic heterocycles. The third-order valence-electron chi connectivity index (χ3n) is 2.33. The highest BCUT2D eigenvalue weighted by Crippen LogP contribution is 2.22. The fraction of sp³-hybridized carbons (Fsp3) is 0.250. The molecule has 2 aromatic rings. The topological polar surface area (TPSA) is 74.7 Å². The van der Waals surface area contributed by atoms with E-state index in [1.807, 2.05) is 6.07 Å². The molecule has 0 saturated heterocycles. The Hall–Kier alpha value is -2.06. The Morgan fingerprint density at radius 3 is 2.94 bits per heavy atom. The first-order valence-electron chi connectivity index (χ1n) is 5.42. The van der Waals surface area contributed by atoms with Crippen LogP contribution in [-0.2, 0) is 6.42 Å². The van der Waals surface area contributed by atoms with E-state index in [1.165, 1.54) is 0 Å². The smallest absolute Gasteiger partial charge is 0.223 e. The molecule has 0 saturated carbocycles. The number of aromatic nitrogens is 2. The van der Waals surface area contributed by atoms with Gasteiger partial charge in [0.1, 0.15) is 0 Å². The van der Waals surface area contributed by atoms with Crippen molar-refractivity contribution >= 4 is 17.3 Å². The minimum Gasteiger partial charge on any atom is -0.383 e. The fourth-order valence-electron chi connectivity index (χ4n) is 1.48. The second-order valence-electron chi connectivity index (χ2n) is 3.71. The van der Waals surface area contributed by atoms with Crippen LogP contribution in [0.15, 0.2) is 22.7 Å². The number of halogens is 1. The molecular weight excluding hydrogens is 252 g/mol. The number of aryl methyl sites for hydroxylation is 1.